The van der Waals surface area contributed by atoms with Crippen LogP contribution in [0.25, 0.3) is 0 Å². The Morgan fingerprint density at radius 2 is 1.71 bits per heavy atom. The first-order chi connectivity index (χ1) is 18.3. The van der Waals surface area contributed by atoms with E-state index >= 15 is 0 Å². The van der Waals surface area contributed by atoms with E-state index in [1.54, 1.807) is 23.1 Å². The van der Waals surface area contributed by atoms with Crippen LogP contribution in [0.1, 0.15) is 49.8 Å². The lowest BCUT2D eigenvalue weighted by molar-refractivity contribution is -0.141. The largest absolute Gasteiger partial charge is 0.494 e. The number of halogens is 2. The molecule has 0 heterocycles. The molecule has 3 rings (SSSR count). The van der Waals surface area contributed by atoms with Crippen LogP contribution in [0.2, 0.25) is 10.0 Å². The Balaban J connectivity index is 1.82. The highest BCUT2D eigenvalue weighted by Gasteiger charge is 2.31. The fourth-order valence-corrected chi connectivity index (χ4v) is 4.49. The molecule has 38 heavy (non-hydrogen) atoms. The molecule has 0 aliphatic heterocycles. The molecule has 5 nitrogen and oxygen atoms in total. The summed E-state index contributed by atoms with van der Waals surface area (Å²) in [6.07, 6.45) is 1.93. The lowest BCUT2D eigenvalue weighted by Gasteiger charge is -2.32. The van der Waals surface area contributed by atoms with Crippen LogP contribution in [0.15, 0.2) is 72.8 Å². The van der Waals surface area contributed by atoms with Crippen molar-refractivity contribution in [1.82, 2.24) is 10.2 Å². The number of nitrogens with one attached hydrogen (secondary N) is 1. The van der Waals surface area contributed by atoms with Gasteiger partial charge < -0.3 is 15.0 Å². The Morgan fingerprint density at radius 1 is 1.00 bits per heavy atom. The highest BCUT2D eigenvalue weighted by atomic mass is 35.5. The predicted octanol–water partition coefficient (Wildman–Crippen LogP) is 7.02. The van der Waals surface area contributed by atoms with E-state index < -0.39 is 6.04 Å². The van der Waals surface area contributed by atoms with E-state index in [0.29, 0.717) is 29.5 Å². The van der Waals surface area contributed by atoms with Crippen molar-refractivity contribution in [1.29, 1.82) is 0 Å². The van der Waals surface area contributed by atoms with Crippen molar-refractivity contribution in [3.63, 3.8) is 0 Å². The van der Waals surface area contributed by atoms with E-state index in [9.17, 15) is 9.59 Å². The monoisotopic (exact) mass is 554 g/mol. The SMILES string of the molecule is CC[C@H](C)NC(=O)[C@H](Cc1ccccc1)N(Cc1ccc(Cl)cc1Cl)C(=O)CCCOc1ccc(C)cc1. The zero-order valence-electron chi connectivity index (χ0n) is 22.3. The summed E-state index contributed by atoms with van der Waals surface area (Å²) in [6.45, 7) is 6.59. The summed E-state index contributed by atoms with van der Waals surface area (Å²) >= 11 is 12.6. The van der Waals surface area contributed by atoms with Gasteiger partial charge in [-0.05, 0) is 62.1 Å². The van der Waals surface area contributed by atoms with Gasteiger partial charge in [0.1, 0.15) is 11.8 Å². The average molecular weight is 556 g/mol. The topological polar surface area (TPSA) is 58.6 Å². The molecule has 0 aliphatic carbocycles. The summed E-state index contributed by atoms with van der Waals surface area (Å²) in [5, 5.41) is 4.05. The summed E-state index contributed by atoms with van der Waals surface area (Å²) in [7, 11) is 0. The molecule has 2 atom stereocenters. The zero-order chi connectivity index (χ0) is 27.5. The molecule has 0 aromatic heterocycles. The molecule has 0 spiro atoms. The van der Waals surface area contributed by atoms with E-state index in [4.69, 9.17) is 27.9 Å². The van der Waals surface area contributed by atoms with Gasteiger partial charge in [-0.3, -0.25) is 9.59 Å². The minimum atomic E-state index is -0.705. The van der Waals surface area contributed by atoms with E-state index in [1.807, 2.05) is 75.4 Å². The van der Waals surface area contributed by atoms with E-state index in [0.717, 1.165) is 28.9 Å². The normalized spacial score (nSPS) is 12.4. The Morgan fingerprint density at radius 3 is 2.37 bits per heavy atom. The molecule has 7 heteroatoms. The number of carbonyl (C=O) groups is 2. The van der Waals surface area contributed by atoms with Crippen molar-refractivity contribution >= 4 is 35.0 Å². The number of rotatable bonds is 13. The minimum absolute atomic E-state index is 0.0141. The first kappa shape index (κ1) is 29.5. The van der Waals surface area contributed by atoms with Gasteiger partial charge in [0, 0.05) is 35.5 Å². The van der Waals surface area contributed by atoms with Crippen LogP contribution in [-0.2, 0) is 22.6 Å². The number of benzene rings is 3. The maximum atomic E-state index is 13.7. The third-order valence-electron chi connectivity index (χ3n) is 6.45. The summed E-state index contributed by atoms with van der Waals surface area (Å²) in [5.74, 6) is 0.448. The summed E-state index contributed by atoms with van der Waals surface area (Å²) in [4.78, 5) is 28.9. The standard InChI is InChI=1S/C31H36Cl2N2O3/c1-4-23(3)34-31(37)29(19-24-9-6-5-7-10-24)35(21-25-14-15-26(32)20-28(25)33)30(36)11-8-18-38-27-16-12-22(2)13-17-27/h5-7,9-10,12-17,20,23,29H,4,8,11,18-19,21H2,1-3H3,(H,34,37)/t23-,29-/m0/s1. The minimum Gasteiger partial charge on any atom is -0.494 e. The molecule has 0 saturated carbocycles. The lowest BCUT2D eigenvalue weighted by atomic mass is 10.0. The first-order valence-electron chi connectivity index (χ1n) is 13.0. The lowest BCUT2D eigenvalue weighted by Crippen LogP contribution is -2.52. The third kappa shape index (κ3) is 9.07. The number of hydrogen-bond acceptors (Lipinski definition) is 3. The van der Waals surface area contributed by atoms with Gasteiger partial charge in [0.05, 0.1) is 6.61 Å². The molecule has 1 N–H and O–H groups in total. The van der Waals surface area contributed by atoms with Gasteiger partial charge in [-0.2, -0.15) is 0 Å². The second-order valence-electron chi connectivity index (χ2n) is 9.55. The number of hydrogen-bond donors (Lipinski definition) is 1. The van der Waals surface area contributed by atoms with E-state index in [1.165, 1.54) is 0 Å². The van der Waals surface area contributed by atoms with Crippen molar-refractivity contribution in [3.05, 3.63) is 99.5 Å². The van der Waals surface area contributed by atoms with Gasteiger partial charge in [-0.25, -0.2) is 0 Å². The third-order valence-corrected chi connectivity index (χ3v) is 7.04. The van der Waals surface area contributed by atoms with Crippen LogP contribution < -0.4 is 10.1 Å². The van der Waals surface area contributed by atoms with Crippen molar-refractivity contribution in [3.8, 4) is 5.75 Å². The number of nitrogens with zero attached hydrogens (tertiary/aromatic N) is 1. The van der Waals surface area contributed by atoms with Crippen LogP contribution in [0.5, 0.6) is 5.75 Å². The first-order valence-corrected chi connectivity index (χ1v) is 13.8. The van der Waals surface area contributed by atoms with Crippen LogP contribution in [0, 0.1) is 6.92 Å². The number of amides is 2. The molecule has 0 radical (unpaired) electrons. The molecule has 202 valence electrons. The van der Waals surface area contributed by atoms with Gasteiger partial charge >= 0.3 is 0 Å². The summed E-state index contributed by atoms with van der Waals surface area (Å²) < 4.78 is 5.83. The predicted molar refractivity (Wildman–Crippen MR) is 155 cm³/mol. The molecular formula is C31H36Cl2N2O3. The molecule has 0 aliphatic rings. The van der Waals surface area contributed by atoms with Crippen molar-refractivity contribution in [2.75, 3.05) is 6.61 Å². The van der Waals surface area contributed by atoms with Crippen molar-refractivity contribution in [2.45, 2.75) is 65.1 Å². The van der Waals surface area contributed by atoms with Gasteiger partial charge in [0.15, 0.2) is 0 Å². The maximum Gasteiger partial charge on any atom is 0.243 e. The van der Waals surface area contributed by atoms with E-state index in [-0.39, 0.29) is 30.8 Å². The number of ether oxygens (including phenoxy) is 1. The molecule has 3 aromatic carbocycles. The molecule has 0 fully saturated rings. The molecule has 2 amide bonds. The van der Waals surface area contributed by atoms with Crippen LogP contribution in [0.3, 0.4) is 0 Å². The molecule has 0 bridgehead atoms. The summed E-state index contributed by atoms with van der Waals surface area (Å²) in [6, 6.07) is 22.0. The van der Waals surface area contributed by atoms with Crippen LogP contribution in [-0.4, -0.2) is 35.4 Å². The quantitative estimate of drug-likeness (QED) is 0.231. The highest BCUT2D eigenvalue weighted by molar-refractivity contribution is 6.35. The van der Waals surface area contributed by atoms with Gasteiger partial charge in [0.2, 0.25) is 11.8 Å². The Bertz CT molecular complexity index is 1190. The maximum absolute atomic E-state index is 13.7. The Labute approximate surface area is 236 Å². The second kappa shape index (κ2) is 14.8. The summed E-state index contributed by atoms with van der Waals surface area (Å²) in [5.41, 5.74) is 2.86. The second-order valence-corrected chi connectivity index (χ2v) is 10.4. The number of aryl methyl sites for hydroxylation is 1. The Hall–Kier alpha value is -3.02. The average Bonchev–Trinajstić information content (AvgIpc) is 2.91. The molecular weight excluding hydrogens is 519 g/mol. The smallest absolute Gasteiger partial charge is 0.243 e. The fourth-order valence-electron chi connectivity index (χ4n) is 4.02. The van der Waals surface area contributed by atoms with Crippen LogP contribution >= 0.6 is 23.2 Å². The molecule has 0 unspecified atom stereocenters. The zero-order valence-corrected chi connectivity index (χ0v) is 23.8. The Kier molecular flexibility index (Phi) is 11.5. The van der Waals surface area contributed by atoms with Gasteiger partial charge in [0.25, 0.3) is 0 Å². The van der Waals surface area contributed by atoms with Crippen molar-refractivity contribution in [2.24, 2.45) is 0 Å². The highest BCUT2D eigenvalue weighted by Crippen LogP contribution is 2.25. The van der Waals surface area contributed by atoms with Gasteiger partial charge in [-0.1, -0.05) is 84.2 Å². The van der Waals surface area contributed by atoms with Crippen LogP contribution in [0.4, 0.5) is 0 Å². The fraction of sp³-hybridized carbons (Fsp3) is 0.355. The molecule has 3 aromatic rings. The van der Waals surface area contributed by atoms with E-state index in [2.05, 4.69) is 5.32 Å². The number of carbonyl (C=O) groups excluding carboxylic acids is 2. The van der Waals surface area contributed by atoms with Gasteiger partial charge in [-0.15, -0.1) is 0 Å². The van der Waals surface area contributed by atoms with Crippen molar-refractivity contribution < 1.29 is 14.3 Å². The molecule has 0 saturated heterocycles.